The lowest BCUT2D eigenvalue weighted by molar-refractivity contribution is -0.209. The van der Waals surface area contributed by atoms with Crippen LogP contribution in [0.1, 0.15) is 58.4 Å². The van der Waals surface area contributed by atoms with Crippen molar-refractivity contribution >= 4 is 8.56 Å². The molecule has 1 saturated heterocycles. The Hall–Kier alpha value is -0.683. The topological polar surface area (TPSA) is 27.7 Å². The zero-order valence-corrected chi connectivity index (χ0v) is 18.2. The summed E-state index contributed by atoms with van der Waals surface area (Å²) in [5.74, 6) is 0.345. The first-order valence-corrected chi connectivity index (χ1v) is 13.1. The molecule has 146 valence electrons. The van der Waals surface area contributed by atoms with E-state index in [9.17, 15) is 0 Å². The molecule has 2 bridgehead atoms. The van der Waals surface area contributed by atoms with Crippen molar-refractivity contribution in [3.63, 3.8) is 0 Å². The van der Waals surface area contributed by atoms with Gasteiger partial charge in [-0.25, -0.2) is 0 Å². The first-order chi connectivity index (χ1) is 12.3. The number of ether oxygens (including phenoxy) is 1. The van der Waals surface area contributed by atoms with Crippen LogP contribution in [-0.4, -0.2) is 26.9 Å². The molecular formula is C22H36O3Si. The molecule has 2 aliphatic rings. The van der Waals surface area contributed by atoms with Crippen LogP contribution in [0, 0.1) is 11.3 Å². The Morgan fingerprint density at radius 2 is 1.88 bits per heavy atom. The average molecular weight is 377 g/mol. The van der Waals surface area contributed by atoms with Crippen LogP contribution >= 0.6 is 0 Å². The highest BCUT2D eigenvalue weighted by Gasteiger charge is 2.61. The van der Waals surface area contributed by atoms with Crippen LogP contribution in [0.4, 0.5) is 0 Å². The van der Waals surface area contributed by atoms with E-state index in [0.717, 1.165) is 19.4 Å². The Bertz CT molecular complexity index is 586. The SMILES string of the molecule is C[C@@H](COCc1ccccc1)[C@]12CCCCC[C@H](O[Si](C)(C)O1)C2(C)C. The third-order valence-electron chi connectivity index (χ3n) is 6.54. The molecule has 0 aromatic heterocycles. The van der Waals surface area contributed by atoms with Crippen LogP contribution < -0.4 is 0 Å². The fourth-order valence-electron chi connectivity index (χ4n) is 5.09. The molecule has 2 fully saturated rings. The fraction of sp³-hybridized carbons (Fsp3) is 0.727. The lowest BCUT2D eigenvalue weighted by Gasteiger charge is -2.61. The zero-order chi connectivity index (χ0) is 18.8. The smallest absolute Gasteiger partial charge is 0.332 e. The van der Waals surface area contributed by atoms with Crippen LogP contribution in [0.25, 0.3) is 0 Å². The van der Waals surface area contributed by atoms with E-state index >= 15 is 0 Å². The highest BCUT2D eigenvalue weighted by Crippen LogP contribution is 2.54. The second-order valence-electron chi connectivity index (χ2n) is 9.22. The Kier molecular flexibility index (Phi) is 5.98. The Morgan fingerprint density at radius 1 is 1.15 bits per heavy atom. The molecule has 3 rings (SSSR count). The van der Waals surface area contributed by atoms with Crippen LogP contribution in [0.2, 0.25) is 13.1 Å². The molecule has 0 unspecified atom stereocenters. The van der Waals surface area contributed by atoms with Gasteiger partial charge in [-0.3, -0.25) is 0 Å². The molecule has 1 heterocycles. The summed E-state index contributed by atoms with van der Waals surface area (Å²) in [5, 5.41) is 0. The van der Waals surface area contributed by atoms with E-state index in [4.69, 9.17) is 13.6 Å². The molecule has 26 heavy (non-hydrogen) atoms. The summed E-state index contributed by atoms with van der Waals surface area (Å²) < 4.78 is 19.6. The van der Waals surface area contributed by atoms with Crippen LogP contribution in [0.3, 0.4) is 0 Å². The normalized spacial score (nSPS) is 31.7. The second-order valence-corrected chi connectivity index (χ2v) is 12.5. The van der Waals surface area contributed by atoms with Crippen molar-refractivity contribution in [2.45, 2.75) is 84.3 Å². The van der Waals surface area contributed by atoms with Crippen LogP contribution in [0.15, 0.2) is 30.3 Å². The highest BCUT2D eigenvalue weighted by atomic mass is 28.4. The predicted molar refractivity (Wildman–Crippen MR) is 108 cm³/mol. The van der Waals surface area contributed by atoms with Crippen molar-refractivity contribution in [3.8, 4) is 0 Å². The predicted octanol–water partition coefficient (Wildman–Crippen LogP) is 5.69. The molecule has 0 N–H and O–H groups in total. The molecule has 1 saturated carbocycles. The van der Waals surface area contributed by atoms with Gasteiger partial charge in [-0.2, -0.15) is 0 Å². The maximum Gasteiger partial charge on any atom is 0.332 e. The standard InChI is InChI=1S/C22H36O3Si/c1-18(16-23-17-19-12-8-6-9-13-19)22-15-11-7-10-14-20(21(22,2)3)24-26(4,5)25-22/h6,8-9,12-13,18,20H,7,10-11,14-17H2,1-5H3/t18-,20-,22-/m0/s1. The fourth-order valence-corrected chi connectivity index (χ4v) is 7.68. The number of rotatable bonds is 5. The van der Waals surface area contributed by atoms with E-state index < -0.39 is 8.56 Å². The van der Waals surface area contributed by atoms with Crippen molar-refractivity contribution in [1.82, 2.24) is 0 Å². The second kappa shape index (κ2) is 7.74. The third kappa shape index (κ3) is 3.94. The number of hydrogen-bond donors (Lipinski definition) is 0. The van der Waals surface area contributed by atoms with E-state index in [-0.39, 0.29) is 11.0 Å². The molecule has 1 aromatic carbocycles. The summed E-state index contributed by atoms with van der Waals surface area (Å²) in [4.78, 5) is 0. The quantitative estimate of drug-likeness (QED) is 0.618. The molecule has 0 amide bonds. The van der Waals surface area contributed by atoms with E-state index in [1.54, 1.807) is 0 Å². The van der Waals surface area contributed by atoms with E-state index in [0.29, 0.717) is 18.6 Å². The van der Waals surface area contributed by atoms with Gasteiger partial charge < -0.3 is 13.6 Å². The number of hydrogen-bond acceptors (Lipinski definition) is 3. The van der Waals surface area contributed by atoms with Gasteiger partial charge in [0.1, 0.15) is 0 Å². The van der Waals surface area contributed by atoms with Crippen molar-refractivity contribution in [3.05, 3.63) is 35.9 Å². The van der Waals surface area contributed by atoms with Gasteiger partial charge in [0, 0.05) is 11.3 Å². The first kappa shape index (κ1) is 20.1. The van der Waals surface area contributed by atoms with Crippen molar-refractivity contribution in [2.75, 3.05) is 6.61 Å². The minimum Gasteiger partial charge on any atom is -0.391 e. The summed E-state index contributed by atoms with van der Waals surface area (Å²) in [6.45, 7) is 12.9. The molecular weight excluding hydrogens is 340 g/mol. The molecule has 3 atom stereocenters. The minimum atomic E-state index is -2.12. The van der Waals surface area contributed by atoms with Gasteiger partial charge in [0.15, 0.2) is 0 Å². The maximum absolute atomic E-state index is 6.88. The minimum absolute atomic E-state index is 0.00542. The summed E-state index contributed by atoms with van der Waals surface area (Å²) in [5.41, 5.74) is 1.09. The van der Waals surface area contributed by atoms with Gasteiger partial charge in [0.2, 0.25) is 0 Å². The van der Waals surface area contributed by atoms with Crippen molar-refractivity contribution in [1.29, 1.82) is 0 Å². The van der Waals surface area contributed by atoms with E-state index in [1.165, 1.54) is 24.8 Å². The maximum atomic E-state index is 6.88. The van der Waals surface area contributed by atoms with Gasteiger partial charge in [-0.15, -0.1) is 0 Å². The van der Waals surface area contributed by atoms with Crippen molar-refractivity contribution < 1.29 is 13.6 Å². The average Bonchev–Trinajstić information content (AvgIpc) is 2.58. The highest BCUT2D eigenvalue weighted by molar-refractivity contribution is 6.64. The van der Waals surface area contributed by atoms with Gasteiger partial charge in [0.25, 0.3) is 0 Å². The van der Waals surface area contributed by atoms with E-state index in [2.05, 4.69) is 58.1 Å². The molecule has 1 aromatic rings. The summed E-state index contributed by atoms with van der Waals surface area (Å²) >= 11 is 0. The van der Waals surface area contributed by atoms with Crippen molar-refractivity contribution in [2.24, 2.45) is 11.3 Å². The number of benzene rings is 1. The van der Waals surface area contributed by atoms with E-state index in [1.807, 2.05) is 6.07 Å². The van der Waals surface area contributed by atoms with Gasteiger partial charge in [-0.1, -0.05) is 70.4 Å². The summed E-state index contributed by atoms with van der Waals surface area (Å²) in [6.07, 6.45) is 6.37. The lowest BCUT2D eigenvalue weighted by atomic mass is 9.61. The summed E-state index contributed by atoms with van der Waals surface area (Å²) in [7, 11) is -2.12. The molecule has 3 nitrogen and oxygen atoms in total. The molecule has 1 aliphatic carbocycles. The largest absolute Gasteiger partial charge is 0.391 e. The summed E-state index contributed by atoms with van der Waals surface area (Å²) in [6, 6.07) is 10.4. The van der Waals surface area contributed by atoms with Gasteiger partial charge in [0.05, 0.1) is 24.9 Å². The lowest BCUT2D eigenvalue weighted by Crippen LogP contribution is -2.69. The monoisotopic (exact) mass is 376 g/mol. The van der Waals surface area contributed by atoms with Crippen LogP contribution in [0.5, 0.6) is 0 Å². The van der Waals surface area contributed by atoms with Crippen LogP contribution in [-0.2, 0) is 20.2 Å². The molecule has 0 spiro atoms. The Labute approximate surface area is 160 Å². The molecule has 0 radical (unpaired) electrons. The Balaban J connectivity index is 1.77. The zero-order valence-electron chi connectivity index (χ0n) is 17.2. The first-order valence-electron chi connectivity index (χ1n) is 10.3. The Morgan fingerprint density at radius 3 is 2.62 bits per heavy atom. The van der Waals surface area contributed by atoms with Gasteiger partial charge >= 0.3 is 8.56 Å². The number of fused-ring (bicyclic) bond motifs is 2. The molecule has 4 heteroatoms. The van der Waals surface area contributed by atoms with Gasteiger partial charge in [-0.05, 0) is 31.5 Å². The molecule has 1 aliphatic heterocycles. The third-order valence-corrected chi connectivity index (χ3v) is 8.25.